The zero-order valence-corrected chi connectivity index (χ0v) is 11.8. The first kappa shape index (κ1) is 15.1. The van der Waals surface area contributed by atoms with E-state index in [1.54, 1.807) is 18.7 Å². The highest BCUT2D eigenvalue weighted by atomic mass is 32.2. The summed E-state index contributed by atoms with van der Waals surface area (Å²) in [4.78, 5) is 22.2. The van der Waals surface area contributed by atoms with Gasteiger partial charge in [-0.3, -0.25) is 4.79 Å². The number of carbonyl (C=O) groups excluding carboxylic acids is 1. The molecule has 0 saturated heterocycles. The SMILES string of the molecule is CSC1CCCC1NC(=O)NCCC(C)C(=O)O. The second-order valence-corrected chi connectivity index (χ2v) is 5.82. The van der Waals surface area contributed by atoms with Crippen molar-refractivity contribution in [3.05, 3.63) is 0 Å². The standard InChI is InChI=1S/C12H22N2O3S/c1-8(11(15)16)6-7-13-12(17)14-9-4-3-5-10(9)18-2/h8-10H,3-7H2,1-2H3,(H,15,16)(H2,13,14,17). The molecule has 0 heterocycles. The first-order valence-corrected chi connectivity index (χ1v) is 7.63. The van der Waals surface area contributed by atoms with Crippen LogP contribution in [-0.4, -0.2) is 41.2 Å². The average molecular weight is 274 g/mol. The highest BCUT2D eigenvalue weighted by molar-refractivity contribution is 7.99. The van der Waals surface area contributed by atoms with Gasteiger partial charge in [-0.2, -0.15) is 11.8 Å². The van der Waals surface area contributed by atoms with Crippen LogP contribution in [0, 0.1) is 5.92 Å². The van der Waals surface area contributed by atoms with E-state index in [9.17, 15) is 9.59 Å². The highest BCUT2D eigenvalue weighted by Crippen LogP contribution is 2.28. The van der Waals surface area contributed by atoms with Crippen LogP contribution in [0.4, 0.5) is 4.79 Å². The predicted molar refractivity (Wildman–Crippen MR) is 72.9 cm³/mol. The Bertz CT molecular complexity index is 299. The minimum Gasteiger partial charge on any atom is -0.481 e. The van der Waals surface area contributed by atoms with Crippen molar-refractivity contribution in [2.45, 2.75) is 43.9 Å². The zero-order valence-electron chi connectivity index (χ0n) is 10.9. The summed E-state index contributed by atoms with van der Waals surface area (Å²) in [5.41, 5.74) is 0. The van der Waals surface area contributed by atoms with Gasteiger partial charge < -0.3 is 15.7 Å². The van der Waals surface area contributed by atoms with E-state index in [0.29, 0.717) is 18.2 Å². The fourth-order valence-electron chi connectivity index (χ4n) is 2.12. The normalized spacial score (nSPS) is 24.6. The van der Waals surface area contributed by atoms with Crippen molar-refractivity contribution in [2.24, 2.45) is 5.92 Å². The molecule has 0 bridgehead atoms. The molecule has 0 aromatic heterocycles. The van der Waals surface area contributed by atoms with Crippen LogP contribution in [0.2, 0.25) is 0 Å². The van der Waals surface area contributed by atoms with Crippen LogP contribution in [0.5, 0.6) is 0 Å². The lowest BCUT2D eigenvalue weighted by atomic mass is 10.1. The van der Waals surface area contributed by atoms with Crippen molar-refractivity contribution in [1.29, 1.82) is 0 Å². The molecule has 1 aliphatic rings. The summed E-state index contributed by atoms with van der Waals surface area (Å²) < 4.78 is 0. The average Bonchev–Trinajstić information content (AvgIpc) is 2.75. The minimum atomic E-state index is -0.824. The Morgan fingerprint density at radius 1 is 1.44 bits per heavy atom. The molecule has 2 amide bonds. The van der Waals surface area contributed by atoms with E-state index in [0.717, 1.165) is 19.3 Å². The van der Waals surface area contributed by atoms with E-state index in [2.05, 4.69) is 16.9 Å². The second-order valence-electron chi connectivity index (χ2n) is 4.74. The van der Waals surface area contributed by atoms with Gasteiger partial charge in [0.05, 0.1) is 5.92 Å². The van der Waals surface area contributed by atoms with Gasteiger partial charge in [0, 0.05) is 17.8 Å². The Balaban J connectivity index is 2.19. The van der Waals surface area contributed by atoms with Crippen LogP contribution in [0.15, 0.2) is 0 Å². The van der Waals surface area contributed by atoms with E-state index in [-0.39, 0.29) is 12.1 Å². The number of urea groups is 1. The van der Waals surface area contributed by atoms with Gasteiger partial charge in [-0.1, -0.05) is 13.3 Å². The van der Waals surface area contributed by atoms with Gasteiger partial charge in [0.1, 0.15) is 0 Å². The van der Waals surface area contributed by atoms with Crippen molar-refractivity contribution in [1.82, 2.24) is 10.6 Å². The smallest absolute Gasteiger partial charge is 0.315 e. The molecule has 1 rings (SSSR count). The number of hydrogen-bond donors (Lipinski definition) is 3. The van der Waals surface area contributed by atoms with E-state index < -0.39 is 11.9 Å². The third-order valence-electron chi connectivity index (χ3n) is 3.36. The van der Waals surface area contributed by atoms with Crippen LogP contribution < -0.4 is 10.6 Å². The molecule has 104 valence electrons. The van der Waals surface area contributed by atoms with Crippen LogP contribution in [0.1, 0.15) is 32.6 Å². The molecule has 1 fully saturated rings. The zero-order chi connectivity index (χ0) is 13.5. The van der Waals surface area contributed by atoms with Crippen LogP contribution in [0.25, 0.3) is 0 Å². The number of thioether (sulfide) groups is 1. The second kappa shape index (κ2) is 7.51. The number of nitrogens with one attached hydrogen (secondary N) is 2. The maximum absolute atomic E-state index is 11.6. The first-order valence-electron chi connectivity index (χ1n) is 6.34. The fraction of sp³-hybridized carbons (Fsp3) is 0.833. The van der Waals surface area contributed by atoms with Gasteiger partial charge in [-0.25, -0.2) is 4.79 Å². The summed E-state index contributed by atoms with van der Waals surface area (Å²) in [5.74, 6) is -1.24. The predicted octanol–water partition coefficient (Wildman–Crippen LogP) is 1.68. The molecule has 6 heteroatoms. The summed E-state index contributed by atoms with van der Waals surface area (Å²) in [7, 11) is 0. The van der Waals surface area contributed by atoms with Gasteiger partial charge in [0.2, 0.25) is 0 Å². The molecule has 1 saturated carbocycles. The van der Waals surface area contributed by atoms with Crippen molar-refractivity contribution < 1.29 is 14.7 Å². The van der Waals surface area contributed by atoms with Crippen molar-refractivity contribution in [2.75, 3.05) is 12.8 Å². The monoisotopic (exact) mass is 274 g/mol. The molecule has 3 atom stereocenters. The molecular formula is C12H22N2O3S. The molecule has 3 unspecified atom stereocenters. The Hall–Kier alpha value is -0.910. The summed E-state index contributed by atoms with van der Waals surface area (Å²) in [6.45, 7) is 2.04. The van der Waals surface area contributed by atoms with Gasteiger partial charge >= 0.3 is 12.0 Å². The van der Waals surface area contributed by atoms with Crippen LogP contribution in [-0.2, 0) is 4.79 Å². The van der Waals surface area contributed by atoms with E-state index in [4.69, 9.17) is 5.11 Å². The number of carboxylic acids is 1. The highest BCUT2D eigenvalue weighted by Gasteiger charge is 2.27. The largest absolute Gasteiger partial charge is 0.481 e. The Morgan fingerprint density at radius 3 is 2.78 bits per heavy atom. The molecule has 0 spiro atoms. The molecule has 18 heavy (non-hydrogen) atoms. The van der Waals surface area contributed by atoms with Crippen molar-refractivity contribution in [3.63, 3.8) is 0 Å². The third-order valence-corrected chi connectivity index (χ3v) is 4.53. The molecule has 5 nitrogen and oxygen atoms in total. The number of carbonyl (C=O) groups is 2. The summed E-state index contributed by atoms with van der Waals surface area (Å²) in [6, 6.07) is 0.0652. The number of hydrogen-bond acceptors (Lipinski definition) is 3. The topological polar surface area (TPSA) is 78.4 Å². The summed E-state index contributed by atoms with van der Waals surface area (Å²) >= 11 is 1.79. The van der Waals surface area contributed by atoms with Crippen LogP contribution >= 0.6 is 11.8 Å². The Kier molecular flexibility index (Phi) is 6.32. The lowest BCUT2D eigenvalue weighted by Crippen LogP contribution is -2.45. The van der Waals surface area contributed by atoms with E-state index in [1.165, 1.54) is 0 Å². The van der Waals surface area contributed by atoms with Gasteiger partial charge in [0.15, 0.2) is 0 Å². The molecule has 1 aliphatic carbocycles. The maximum atomic E-state index is 11.6. The maximum Gasteiger partial charge on any atom is 0.315 e. The quantitative estimate of drug-likeness (QED) is 0.688. The molecule has 0 radical (unpaired) electrons. The third kappa shape index (κ3) is 4.76. The van der Waals surface area contributed by atoms with E-state index in [1.807, 2.05) is 0 Å². The first-order chi connectivity index (χ1) is 8.54. The Morgan fingerprint density at radius 2 is 2.17 bits per heavy atom. The van der Waals surface area contributed by atoms with Gasteiger partial charge in [0.25, 0.3) is 0 Å². The fourth-order valence-corrected chi connectivity index (χ4v) is 3.05. The minimum absolute atomic E-state index is 0.182. The number of rotatable bonds is 6. The number of amides is 2. The Labute approximate surface area is 112 Å². The lowest BCUT2D eigenvalue weighted by molar-refractivity contribution is -0.141. The number of carboxylic acid groups (broad SMARTS) is 1. The van der Waals surface area contributed by atoms with Crippen molar-refractivity contribution >= 4 is 23.8 Å². The molecule has 0 aromatic rings. The van der Waals surface area contributed by atoms with Crippen LogP contribution in [0.3, 0.4) is 0 Å². The lowest BCUT2D eigenvalue weighted by Gasteiger charge is -2.19. The molecule has 0 aliphatic heterocycles. The molecule has 0 aromatic carbocycles. The molecular weight excluding hydrogens is 252 g/mol. The summed E-state index contributed by atoms with van der Waals surface area (Å²) in [6.07, 6.45) is 5.87. The summed E-state index contributed by atoms with van der Waals surface area (Å²) in [5, 5.41) is 14.9. The van der Waals surface area contributed by atoms with Crippen molar-refractivity contribution in [3.8, 4) is 0 Å². The molecule has 3 N–H and O–H groups in total. The van der Waals surface area contributed by atoms with Gasteiger partial charge in [-0.15, -0.1) is 0 Å². The van der Waals surface area contributed by atoms with E-state index >= 15 is 0 Å². The number of aliphatic carboxylic acids is 1. The van der Waals surface area contributed by atoms with Gasteiger partial charge in [-0.05, 0) is 25.5 Å².